The van der Waals surface area contributed by atoms with Gasteiger partial charge in [0.1, 0.15) is 11.3 Å². The summed E-state index contributed by atoms with van der Waals surface area (Å²) < 4.78 is 28.0. The Morgan fingerprint density at radius 1 is 1.29 bits per heavy atom. The Kier molecular flexibility index (Phi) is 3.81. The van der Waals surface area contributed by atoms with E-state index < -0.39 is 15.8 Å². The number of aromatic nitrogens is 1. The lowest BCUT2D eigenvalue weighted by Crippen LogP contribution is -2.03. The first-order valence-electron chi connectivity index (χ1n) is 5.74. The quantitative estimate of drug-likeness (QED) is 0.879. The fraction of sp³-hybridized carbons (Fsp3) is 0.0769. The zero-order valence-corrected chi connectivity index (χ0v) is 11.8. The van der Waals surface area contributed by atoms with Crippen LogP contribution in [0.2, 0.25) is 0 Å². The maximum Gasteiger partial charge on any atom is 0.341 e. The number of hydrogen-bond donors (Lipinski definition) is 2. The smallest absolute Gasteiger partial charge is 0.341 e. The second-order valence-corrected chi connectivity index (χ2v) is 6.29. The number of benzene rings is 1. The molecule has 1 aromatic heterocycles. The number of anilines is 1. The van der Waals surface area contributed by atoms with E-state index in [1.807, 2.05) is 0 Å². The standard InChI is InChI=1S/C13H12N2O5S/c1-21(18,19)10-4-2-9(3-5-10)20-12-11(13(16)17)6-8(14)7-15-12/h2-7H,14H2,1H3,(H,16,17). The second kappa shape index (κ2) is 5.41. The van der Waals surface area contributed by atoms with E-state index in [1.54, 1.807) is 0 Å². The summed E-state index contributed by atoms with van der Waals surface area (Å²) >= 11 is 0. The first-order chi connectivity index (χ1) is 9.77. The maximum absolute atomic E-state index is 11.3. The number of carboxylic acid groups (broad SMARTS) is 1. The summed E-state index contributed by atoms with van der Waals surface area (Å²) in [6.45, 7) is 0. The van der Waals surface area contributed by atoms with Crippen LogP contribution in [0.5, 0.6) is 11.6 Å². The molecule has 1 aromatic carbocycles. The van der Waals surface area contributed by atoms with Crippen LogP contribution in [0.3, 0.4) is 0 Å². The number of aromatic carboxylic acids is 1. The first-order valence-corrected chi connectivity index (χ1v) is 7.63. The molecule has 0 bridgehead atoms. The SMILES string of the molecule is CS(=O)(=O)c1ccc(Oc2ncc(N)cc2C(=O)O)cc1. The highest BCUT2D eigenvalue weighted by Gasteiger charge is 2.15. The Morgan fingerprint density at radius 2 is 1.90 bits per heavy atom. The summed E-state index contributed by atoms with van der Waals surface area (Å²) in [4.78, 5) is 15.1. The minimum atomic E-state index is -3.30. The van der Waals surface area contributed by atoms with E-state index in [1.165, 1.54) is 36.5 Å². The van der Waals surface area contributed by atoms with Crippen molar-refractivity contribution in [3.63, 3.8) is 0 Å². The highest BCUT2D eigenvalue weighted by atomic mass is 32.2. The Morgan fingerprint density at radius 3 is 2.43 bits per heavy atom. The number of hydrogen-bond acceptors (Lipinski definition) is 6. The van der Waals surface area contributed by atoms with Gasteiger partial charge >= 0.3 is 5.97 Å². The lowest BCUT2D eigenvalue weighted by molar-refractivity contribution is 0.0693. The van der Waals surface area contributed by atoms with Gasteiger partial charge in [-0.15, -0.1) is 0 Å². The van der Waals surface area contributed by atoms with Gasteiger partial charge in [-0.1, -0.05) is 0 Å². The molecule has 0 saturated carbocycles. The number of sulfone groups is 1. The van der Waals surface area contributed by atoms with Crippen LogP contribution in [0.1, 0.15) is 10.4 Å². The monoisotopic (exact) mass is 308 g/mol. The van der Waals surface area contributed by atoms with Gasteiger partial charge in [0.15, 0.2) is 9.84 Å². The van der Waals surface area contributed by atoms with Crippen molar-refractivity contribution in [2.45, 2.75) is 4.90 Å². The number of nitrogen functional groups attached to an aromatic ring is 1. The molecule has 0 spiro atoms. The first kappa shape index (κ1) is 14.8. The van der Waals surface area contributed by atoms with Crippen LogP contribution in [0.25, 0.3) is 0 Å². The van der Waals surface area contributed by atoms with Gasteiger partial charge in [-0.3, -0.25) is 0 Å². The predicted octanol–water partition coefficient (Wildman–Crippen LogP) is 1.56. The topological polar surface area (TPSA) is 120 Å². The number of rotatable bonds is 4. The van der Waals surface area contributed by atoms with Crippen LogP contribution in [-0.4, -0.2) is 30.7 Å². The Balaban J connectivity index is 2.33. The summed E-state index contributed by atoms with van der Waals surface area (Å²) in [5, 5.41) is 9.06. The number of nitrogens with two attached hydrogens (primary N) is 1. The lowest BCUT2D eigenvalue weighted by Gasteiger charge is -2.08. The normalized spacial score (nSPS) is 11.1. The summed E-state index contributed by atoms with van der Waals surface area (Å²) in [6.07, 6.45) is 2.36. The second-order valence-electron chi connectivity index (χ2n) is 4.27. The van der Waals surface area contributed by atoms with Gasteiger partial charge in [-0.25, -0.2) is 18.2 Å². The number of pyridine rings is 1. The van der Waals surface area contributed by atoms with Crippen LogP contribution >= 0.6 is 0 Å². The van der Waals surface area contributed by atoms with Crippen molar-refractivity contribution in [2.75, 3.05) is 12.0 Å². The molecule has 0 aliphatic rings. The van der Waals surface area contributed by atoms with Gasteiger partial charge in [0.2, 0.25) is 5.88 Å². The molecule has 110 valence electrons. The molecular formula is C13H12N2O5S. The van der Waals surface area contributed by atoms with E-state index in [-0.39, 0.29) is 27.8 Å². The van der Waals surface area contributed by atoms with Gasteiger partial charge in [-0.2, -0.15) is 0 Å². The molecule has 0 aliphatic heterocycles. The fourth-order valence-corrected chi connectivity index (χ4v) is 2.20. The molecule has 1 heterocycles. The molecule has 8 heteroatoms. The highest BCUT2D eigenvalue weighted by molar-refractivity contribution is 7.90. The van der Waals surface area contributed by atoms with Crippen LogP contribution in [0.15, 0.2) is 41.4 Å². The van der Waals surface area contributed by atoms with Gasteiger partial charge in [0, 0.05) is 6.26 Å². The van der Waals surface area contributed by atoms with Crippen LogP contribution in [-0.2, 0) is 9.84 Å². The molecule has 2 aromatic rings. The maximum atomic E-state index is 11.3. The fourth-order valence-electron chi connectivity index (χ4n) is 1.57. The molecule has 0 amide bonds. The van der Waals surface area contributed by atoms with Gasteiger partial charge in [-0.05, 0) is 30.3 Å². The number of carbonyl (C=O) groups is 1. The summed E-state index contributed by atoms with van der Waals surface area (Å²) in [7, 11) is -3.30. The molecule has 3 N–H and O–H groups in total. The largest absolute Gasteiger partial charge is 0.477 e. The van der Waals surface area contributed by atoms with E-state index in [4.69, 9.17) is 15.6 Å². The van der Waals surface area contributed by atoms with E-state index in [0.29, 0.717) is 0 Å². The third-order valence-electron chi connectivity index (χ3n) is 2.57. The zero-order valence-electron chi connectivity index (χ0n) is 11.0. The third-order valence-corrected chi connectivity index (χ3v) is 3.70. The molecular weight excluding hydrogens is 296 g/mol. The van der Waals surface area contributed by atoms with Crippen molar-refractivity contribution in [3.8, 4) is 11.6 Å². The van der Waals surface area contributed by atoms with Crippen LogP contribution in [0, 0.1) is 0 Å². The highest BCUT2D eigenvalue weighted by Crippen LogP contribution is 2.25. The minimum absolute atomic E-state index is 0.121. The molecule has 0 aliphatic carbocycles. The predicted molar refractivity (Wildman–Crippen MR) is 75.2 cm³/mol. The van der Waals surface area contributed by atoms with Gasteiger partial charge in [0.05, 0.1) is 16.8 Å². The van der Waals surface area contributed by atoms with E-state index in [0.717, 1.165) is 6.26 Å². The van der Waals surface area contributed by atoms with Crippen molar-refractivity contribution >= 4 is 21.5 Å². The molecule has 0 saturated heterocycles. The van der Waals surface area contributed by atoms with Crippen molar-refractivity contribution in [2.24, 2.45) is 0 Å². The number of carboxylic acids is 1. The van der Waals surface area contributed by atoms with Crippen molar-refractivity contribution in [1.29, 1.82) is 0 Å². The van der Waals surface area contributed by atoms with Gasteiger partial charge < -0.3 is 15.6 Å². The number of nitrogens with zero attached hydrogens (tertiary/aromatic N) is 1. The molecule has 0 fully saturated rings. The summed E-state index contributed by atoms with van der Waals surface area (Å²) in [5.74, 6) is -1.08. The molecule has 0 radical (unpaired) electrons. The Labute approximate surface area is 120 Å². The summed E-state index contributed by atoms with van der Waals surface area (Å²) in [5.41, 5.74) is 5.50. The van der Waals surface area contributed by atoms with Crippen LogP contribution in [0.4, 0.5) is 5.69 Å². The molecule has 21 heavy (non-hydrogen) atoms. The minimum Gasteiger partial charge on any atom is -0.477 e. The zero-order chi connectivity index (χ0) is 15.6. The third kappa shape index (κ3) is 3.48. The molecule has 2 rings (SSSR count). The summed E-state index contributed by atoms with van der Waals surface area (Å²) in [6, 6.07) is 6.79. The van der Waals surface area contributed by atoms with Crippen molar-refractivity contribution in [1.82, 2.24) is 4.98 Å². The average Bonchev–Trinajstić information content (AvgIpc) is 2.40. The van der Waals surface area contributed by atoms with Crippen molar-refractivity contribution in [3.05, 3.63) is 42.1 Å². The molecule has 0 unspecified atom stereocenters. The van der Waals surface area contributed by atoms with E-state index >= 15 is 0 Å². The average molecular weight is 308 g/mol. The Bertz CT molecular complexity index is 785. The van der Waals surface area contributed by atoms with E-state index in [9.17, 15) is 13.2 Å². The van der Waals surface area contributed by atoms with Gasteiger partial charge in [0.25, 0.3) is 0 Å². The Hall–Kier alpha value is -2.61. The molecule has 7 nitrogen and oxygen atoms in total. The molecule has 0 atom stereocenters. The number of ether oxygens (including phenoxy) is 1. The van der Waals surface area contributed by atoms with Crippen LogP contribution < -0.4 is 10.5 Å². The van der Waals surface area contributed by atoms with E-state index in [2.05, 4.69) is 4.98 Å². The van der Waals surface area contributed by atoms with Crippen molar-refractivity contribution < 1.29 is 23.1 Å². The lowest BCUT2D eigenvalue weighted by atomic mass is 10.2.